The maximum absolute atomic E-state index is 8.56. The zero-order chi connectivity index (χ0) is 32.5. The summed E-state index contributed by atoms with van der Waals surface area (Å²) in [5.74, 6) is 0. The smallest absolute Gasteiger partial charge is 0.216 e. The molecule has 6 rings (SSSR count). The molecule has 4 aromatic carbocycles. The predicted octanol–water partition coefficient (Wildman–Crippen LogP) is 9.87. The number of hydrogen-bond donors (Lipinski definition) is 0. The van der Waals surface area contributed by atoms with E-state index in [1.165, 1.54) is 10.8 Å². The van der Waals surface area contributed by atoms with Crippen molar-refractivity contribution in [1.82, 2.24) is 0 Å². The van der Waals surface area contributed by atoms with Crippen LogP contribution in [0.25, 0.3) is 55.4 Å². The van der Waals surface area contributed by atoms with Crippen molar-refractivity contribution in [2.24, 2.45) is 7.05 Å². The molecule has 0 aliphatic carbocycles. The van der Waals surface area contributed by atoms with E-state index in [0.29, 0.717) is 5.56 Å². The third-order valence-corrected chi connectivity index (χ3v) is 10.5. The van der Waals surface area contributed by atoms with Crippen LogP contribution in [0, 0.1) is 13.8 Å². The van der Waals surface area contributed by atoms with Crippen molar-refractivity contribution < 1.29 is 13.1 Å². The number of rotatable bonds is 4. The zero-order valence-electron chi connectivity index (χ0n) is 29.0. The van der Waals surface area contributed by atoms with Gasteiger partial charge in [0.05, 0.1) is 13.6 Å². The van der Waals surface area contributed by atoms with Gasteiger partial charge >= 0.3 is 0 Å². The number of aromatic nitrogens is 1. The molecule has 0 bridgehead atoms. The third kappa shape index (κ3) is 4.80. The van der Waals surface area contributed by atoms with Crippen molar-refractivity contribution in [1.29, 1.82) is 0 Å². The second kappa shape index (κ2) is 10.1. The maximum atomic E-state index is 8.56. The molecule has 0 saturated carbocycles. The van der Waals surface area contributed by atoms with Gasteiger partial charge in [0.2, 0.25) is 5.69 Å². The fourth-order valence-corrected chi connectivity index (χ4v) is 7.27. The van der Waals surface area contributed by atoms with Gasteiger partial charge in [-0.05, 0) is 47.0 Å². The lowest BCUT2D eigenvalue weighted by molar-refractivity contribution is -0.660. The predicted molar refractivity (Wildman–Crippen MR) is 182 cm³/mol. The van der Waals surface area contributed by atoms with Gasteiger partial charge in [-0.1, -0.05) is 124 Å². The number of hydrogen-bond acceptors (Lipinski definition) is 1. The topological polar surface area (TPSA) is 17.0 Å². The maximum Gasteiger partial charge on any atom is 0.216 e. The van der Waals surface area contributed by atoms with Gasteiger partial charge < -0.3 is 4.42 Å². The Morgan fingerprint density at radius 1 is 0.738 bits per heavy atom. The minimum atomic E-state index is -2.29. The van der Waals surface area contributed by atoms with Gasteiger partial charge in [-0.2, -0.15) is 0 Å². The zero-order valence-corrected chi connectivity index (χ0v) is 27.0. The first-order valence-corrected chi connectivity index (χ1v) is 18.3. The molecule has 2 nitrogen and oxygen atoms in total. The Balaban J connectivity index is 1.67. The molecule has 2 heterocycles. The molecule has 0 radical (unpaired) electrons. The highest BCUT2D eigenvalue weighted by atomic mass is 28.3. The van der Waals surface area contributed by atoms with Crippen LogP contribution in [0.4, 0.5) is 0 Å². The van der Waals surface area contributed by atoms with Crippen LogP contribution in [0.15, 0.2) is 95.5 Å². The summed E-state index contributed by atoms with van der Waals surface area (Å²) in [6, 6.07) is 29.7. The molecule has 0 N–H and O–H groups in total. The van der Waals surface area contributed by atoms with Gasteiger partial charge in [-0.25, -0.2) is 4.57 Å². The van der Waals surface area contributed by atoms with Crippen molar-refractivity contribution >= 4 is 35.2 Å². The molecule has 0 fully saturated rings. The van der Waals surface area contributed by atoms with Gasteiger partial charge in [0.1, 0.15) is 18.2 Å². The number of pyridine rings is 1. The van der Waals surface area contributed by atoms with Crippen molar-refractivity contribution in [3.63, 3.8) is 0 Å². The highest BCUT2D eigenvalue weighted by Crippen LogP contribution is 2.42. The van der Waals surface area contributed by atoms with Crippen LogP contribution in [-0.2, 0) is 12.5 Å². The molecule has 0 saturated heterocycles. The van der Waals surface area contributed by atoms with E-state index in [1.54, 1.807) is 6.20 Å². The first kappa shape index (κ1) is 24.6. The molecule has 2 aromatic heterocycles. The van der Waals surface area contributed by atoms with Gasteiger partial charge in [-0.15, -0.1) is 0 Å². The molecule has 0 atom stereocenters. The van der Waals surface area contributed by atoms with E-state index < -0.39 is 14.9 Å². The van der Waals surface area contributed by atoms with Crippen molar-refractivity contribution in [3.8, 4) is 33.5 Å². The van der Waals surface area contributed by atoms with Crippen LogP contribution < -0.4 is 9.75 Å². The third-order valence-electron chi connectivity index (χ3n) is 8.47. The van der Waals surface area contributed by atoms with E-state index in [4.69, 9.17) is 8.53 Å². The Kier molecular flexibility index (Phi) is 5.92. The van der Waals surface area contributed by atoms with Crippen molar-refractivity contribution in [2.45, 2.75) is 59.6 Å². The normalized spacial score (nSPS) is 13.8. The summed E-state index contributed by atoms with van der Waals surface area (Å²) in [5.41, 5.74) is 9.81. The van der Waals surface area contributed by atoms with Crippen molar-refractivity contribution in [2.75, 3.05) is 0 Å². The largest absolute Gasteiger partial charge is 0.454 e. The van der Waals surface area contributed by atoms with Gasteiger partial charge in [0.25, 0.3) is 0 Å². The number of benzene rings is 4. The Labute approximate surface area is 255 Å². The molecule has 3 heteroatoms. The molecular formula is C39H42NOSi+. The second-order valence-electron chi connectivity index (χ2n) is 13.6. The van der Waals surface area contributed by atoms with Gasteiger partial charge in [0, 0.05) is 32.1 Å². The SMILES string of the molecule is [2H]C([2H])([2H])c1c[n+](C)c(-c2c(C)ccc3c2oc2c(-c4ccccc4)cccc23)cc1-c1ccc([Si](C)(C)C)cc1C(C)(C)C. The summed E-state index contributed by atoms with van der Waals surface area (Å²) in [4.78, 5) is 0. The van der Waals surface area contributed by atoms with Gasteiger partial charge in [-0.3, -0.25) is 0 Å². The lowest BCUT2D eigenvalue weighted by Crippen LogP contribution is -2.38. The van der Waals surface area contributed by atoms with Crippen molar-refractivity contribution in [3.05, 3.63) is 108 Å². The minimum absolute atomic E-state index is 0.183. The number of aryl methyl sites for hydroxylation is 3. The van der Waals surface area contributed by atoms with E-state index in [2.05, 4.69) is 114 Å². The highest BCUT2D eigenvalue weighted by Gasteiger charge is 2.27. The van der Waals surface area contributed by atoms with E-state index >= 15 is 0 Å². The Morgan fingerprint density at radius 3 is 2.17 bits per heavy atom. The second-order valence-corrected chi connectivity index (χ2v) is 18.7. The highest BCUT2D eigenvalue weighted by molar-refractivity contribution is 6.88. The molecular weight excluding hydrogens is 527 g/mol. The average molecular weight is 572 g/mol. The Bertz CT molecular complexity index is 2080. The summed E-state index contributed by atoms with van der Waals surface area (Å²) in [7, 11) is 0.333. The van der Waals surface area contributed by atoms with Crippen LogP contribution in [-0.4, -0.2) is 8.07 Å². The standard InChI is InChI=1S/C39H42NOSi/c1-25-18-20-32-31-17-13-16-29(27-14-11-10-12-15-27)37(31)41-38(32)36(25)35-23-33(26(2)24-40(35)6)30-21-19-28(42(7,8)9)22-34(30)39(3,4)5/h10-24H,1-9H3/q+1/i2D3. The fraction of sp³-hybridized carbons (Fsp3) is 0.256. The molecule has 0 unspecified atom stereocenters. The quantitative estimate of drug-likeness (QED) is 0.152. The molecule has 212 valence electrons. The lowest BCUT2D eigenvalue weighted by Gasteiger charge is -2.27. The van der Waals surface area contributed by atoms with Crippen LogP contribution in [0.3, 0.4) is 0 Å². The first-order chi connectivity index (χ1) is 21.1. The summed E-state index contributed by atoms with van der Waals surface area (Å²) in [6.07, 6.45) is 1.80. The molecule has 0 aliphatic heterocycles. The van der Waals surface area contributed by atoms with Crippen LogP contribution >= 0.6 is 0 Å². The van der Waals surface area contributed by atoms with Crippen LogP contribution in [0.5, 0.6) is 0 Å². The number of fused-ring (bicyclic) bond motifs is 3. The molecule has 42 heavy (non-hydrogen) atoms. The first-order valence-electron chi connectivity index (χ1n) is 16.3. The summed E-state index contributed by atoms with van der Waals surface area (Å²) in [6.45, 7) is 13.5. The molecule has 0 spiro atoms. The molecule has 6 aromatic rings. The molecule has 0 amide bonds. The van der Waals surface area contributed by atoms with Crippen LogP contribution in [0.1, 0.15) is 41.6 Å². The van der Waals surface area contributed by atoms with E-state index in [1.807, 2.05) is 29.8 Å². The minimum Gasteiger partial charge on any atom is -0.454 e. The fourth-order valence-electron chi connectivity index (χ4n) is 6.11. The van der Waals surface area contributed by atoms with Gasteiger partial charge in [0.15, 0.2) is 6.20 Å². The summed E-state index contributed by atoms with van der Waals surface area (Å²) in [5, 5.41) is 3.47. The summed E-state index contributed by atoms with van der Waals surface area (Å²) >= 11 is 0. The van der Waals surface area contributed by atoms with E-state index in [-0.39, 0.29) is 5.41 Å². The Hall–Kier alpha value is -3.95. The monoisotopic (exact) mass is 571 g/mol. The lowest BCUT2D eigenvalue weighted by atomic mass is 9.81. The number of furan rings is 1. The summed E-state index contributed by atoms with van der Waals surface area (Å²) < 4.78 is 34.5. The number of nitrogens with zero attached hydrogens (tertiary/aromatic N) is 1. The van der Waals surface area contributed by atoms with E-state index in [9.17, 15) is 0 Å². The number of para-hydroxylation sites is 1. The average Bonchev–Trinajstić information content (AvgIpc) is 3.35. The molecule has 0 aliphatic rings. The Morgan fingerprint density at radius 2 is 1.48 bits per heavy atom. The van der Waals surface area contributed by atoms with Crippen LogP contribution in [0.2, 0.25) is 19.6 Å². The van der Waals surface area contributed by atoms with E-state index in [0.717, 1.165) is 61.0 Å².